The van der Waals surface area contributed by atoms with E-state index in [9.17, 15) is 19.2 Å². The number of carbonyl (C=O) groups excluding carboxylic acids is 4. The Hall–Kier alpha value is -2.44. The van der Waals surface area contributed by atoms with Crippen molar-refractivity contribution in [1.29, 1.82) is 0 Å². The number of imide groups is 1. The predicted octanol–water partition coefficient (Wildman–Crippen LogP) is 0.641. The normalized spacial score (nSPS) is 13.5. The standard InChI is InChI=1S/C28H50N2O14/c1-28(2,3)43-27(34)29-7-9-36-11-13-38-15-17-40-19-21-42-23-22-41-20-18-39-16-14-37-12-10-35-8-6-26(33)44-30-24(31)4-5-25(30)32/h4-23H2,1-3H3,(H,29,34). The molecule has 0 bridgehead atoms. The number of alkyl carbamates (subject to hydrolysis) is 1. The molecule has 44 heavy (non-hydrogen) atoms. The van der Waals surface area contributed by atoms with Crippen LogP contribution in [-0.4, -0.2) is 147 Å². The maximum atomic E-state index is 11.6. The maximum absolute atomic E-state index is 11.6. The van der Waals surface area contributed by atoms with Crippen LogP contribution in [0.3, 0.4) is 0 Å². The van der Waals surface area contributed by atoms with E-state index in [4.69, 9.17) is 47.5 Å². The van der Waals surface area contributed by atoms with Crippen LogP contribution < -0.4 is 5.32 Å². The topological polar surface area (TPSA) is 176 Å². The molecule has 1 rings (SSSR count). The highest BCUT2D eigenvalue weighted by atomic mass is 16.7. The van der Waals surface area contributed by atoms with Gasteiger partial charge in [0.1, 0.15) is 5.60 Å². The smallest absolute Gasteiger partial charge is 0.407 e. The first-order valence-corrected chi connectivity index (χ1v) is 14.8. The molecule has 1 saturated heterocycles. The molecular weight excluding hydrogens is 588 g/mol. The molecule has 1 aliphatic heterocycles. The van der Waals surface area contributed by atoms with Gasteiger partial charge in [0.05, 0.1) is 112 Å². The van der Waals surface area contributed by atoms with E-state index in [1.54, 1.807) is 20.8 Å². The van der Waals surface area contributed by atoms with Crippen LogP contribution in [0.4, 0.5) is 4.79 Å². The lowest BCUT2D eigenvalue weighted by molar-refractivity contribution is -0.198. The molecule has 0 unspecified atom stereocenters. The largest absolute Gasteiger partial charge is 0.444 e. The van der Waals surface area contributed by atoms with E-state index >= 15 is 0 Å². The van der Waals surface area contributed by atoms with Gasteiger partial charge in [0.15, 0.2) is 0 Å². The number of ether oxygens (including phenoxy) is 9. The van der Waals surface area contributed by atoms with E-state index in [1.807, 2.05) is 0 Å². The van der Waals surface area contributed by atoms with Crippen LogP contribution in [-0.2, 0) is 61.9 Å². The van der Waals surface area contributed by atoms with Crippen molar-refractivity contribution in [2.75, 3.05) is 112 Å². The van der Waals surface area contributed by atoms with Crippen LogP contribution in [0, 0.1) is 0 Å². The average molecular weight is 639 g/mol. The Bertz CT molecular complexity index is 777. The molecule has 1 fully saturated rings. The molecule has 0 saturated carbocycles. The highest BCUT2D eigenvalue weighted by molar-refractivity contribution is 6.01. The van der Waals surface area contributed by atoms with Gasteiger partial charge in [-0.15, -0.1) is 5.06 Å². The quantitative estimate of drug-likeness (QED) is 0.0933. The van der Waals surface area contributed by atoms with Gasteiger partial charge >= 0.3 is 12.1 Å². The molecular formula is C28H50N2O14. The van der Waals surface area contributed by atoms with Gasteiger partial charge in [0, 0.05) is 19.4 Å². The monoisotopic (exact) mass is 638 g/mol. The summed E-state index contributed by atoms with van der Waals surface area (Å²) in [6.07, 6.45) is -0.426. The van der Waals surface area contributed by atoms with Crippen molar-refractivity contribution in [3.05, 3.63) is 0 Å². The van der Waals surface area contributed by atoms with Crippen LogP contribution in [0.25, 0.3) is 0 Å². The van der Waals surface area contributed by atoms with Crippen LogP contribution in [0.15, 0.2) is 0 Å². The van der Waals surface area contributed by atoms with E-state index in [0.29, 0.717) is 104 Å². The number of hydrogen-bond acceptors (Lipinski definition) is 14. The van der Waals surface area contributed by atoms with Gasteiger partial charge < -0.3 is 52.8 Å². The summed E-state index contributed by atoms with van der Waals surface area (Å²) in [6.45, 7) is 12.1. The van der Waals surface area contributed by atoms with E-state index in [-0.39, 0.29) is 32.5 Å². The minimum atomic E-state index is -0.702. The molecule has 3 amide bonds. The van der Waals surface area contributed by atoms with Crippen LogP contribution in [0.1, 0.15) is 40.0 Å². The van der Waals surface area contributed by atoms with Crippen LogP contribution in [0.5, 0.6) is 0 Å². The number of nitrogens with zero attached hydrogens (tertiary/aromatic N) is 1. The van der Waals surface area contributed by atoms with Gasteiger partial charge in [-0.1, -0.05) is 0 Å². The minimum Gasteiger partial charge on any atom is -0.444 e. The van der Waals surface area contributed by atoms with Gasteiger partial charge in [-0.3, -0.25) is 9.59 Å². The maximum Gasteiger partial charge on any atom is 0.407 e. The second kappa shape index (κ2) is 25.8. The molecule has 0 aromatic heterocycles. The van der Waals surface area contributed by atoms with Gasteiger partial charge in [-0.2, -0.15) is 0 Å². The molecule has 0 aliphatic carbocycles. The highest BCUT2D eigenvalue weighted by Gasteiger charge is 2.32. The number of hydrogen-bond donors (Lipinski definition) is 1. The van der Waals surface area contributed by atoms with Crippen molar-refractivity contribution in [1.82, 2.24) is 10.4 Å². The molecule has 16 nitrogen and oxygen atoms in total. The summed E-state index contributed by atoms with van der Waals surface area (Å²) >= 11 is 0. The third-order valence-electron chi connectivity index (χ3n) is 5.17. The molecule has 0 atom stereocenters. The number of hydroxylamine groups is 2. The Labute approximate surface area is 259 Å². The van der Waals surface area contributed by atoms with Gasteiger partial charge in [-0.25, -0.2) is 9.59 Å². The summed E-state index contributed by atoms with van der Waals surface area (Å²) in [4.78, 5) is 50.6. The molecule has 16 heteroatoms. The second-order valence-electron chi connectivity index (χ2n) is 10.1. The van der Waals surface area contributed by atoms with Crippen molar-refractivity contribution in [3.8, 4) is 0 Å². The molecule has 1 N–H and O–H groups in total. The molecule has 1 heterocycles. The lowest BCUT2D eigenvalue weighted by Crippen LogP contribution is -2.34. The lowest BCUT2D eigenvalue weighted by atomic mass is 10.2. The zero-order valence-corrected chi connectivity index (χ0v) is 26.3. The first kappa shape index (κ1) is 39.6. The third kappa shape index (κ3) is 23.9. The summed E-state index contributed by atoms with van der Waals surface area (Å²) in [5, 5.41) is 3.13. The van der Waals surface area contributed by atoms with E-state index < -0.39 is 29.5 Å². The number of nitrogens with one attached hydrogen (secondary N) is 1. The Morgan fingerprint density at radius 2 is 0.932 bits per heavy atom. The summed E-state index contributed by atoms with van der Waals surface area (Å²) in [5.41, 5.74) is -0.521. The molecule has 1 aliphatic rings. The van der Waals surface area contributed by atoms with E-state index in [0.717, 1.165) is 0 Å². The molecule has 0 aromatic carbocycles. The first-order valence-electron chi connectivity index (χ1n) is 14.8. The number of amides is 3. The van der Waals surface area contributed by atoms with Crippen molar-refractivity contribution >= 4 is 23.9 Å². The molecule has 256 valence electrons. The Balaban J connectivity index is 1.69. The summed E-state index contributed by atoms with van der Waals surface area (Å²) in [5.74, 6) is -1.73. The first-order chi connectivity index (χ1) is 21.2. The number of carbonyl (C=O) groups is 4. The fourth-order valence-corrected chi connectivity index (χ4v) is 3.14. The fraction of sp³-hybridized carbons (Fsp3) is 0.857. The predicted molar refractivity (Wildman–Crippen MR) is 153 cm³/mol. The Kier molecular flexibility index (Phi) is 23.2. The van der Waals surface area contributed by atoms with Crippen LogP contribution in [0.2, 0.25) is 0 Å². The third-order valence-corrected chi connectivity index (χ3v) is 5.17. The zero-order valence-electron chi connectivity index (χ0n) is 26.3. The SMILES string of the molecule is CC(C)(C)OC(=O)NCCOCCOCCOCCOCCOCCOCCOCCOCCC(=O)ON1C(=O)CCC1=O. The minimum absolute atomic E-state index is 0.0574. The summed E-state index contributed by atoms with van der Waals surface area (Å²) in [7, 11) is 0. The Morgan fingerprint density at radius 3 is 1.30 bits per heavy atom. The van der Waals surface area contributed by atoms with Crippen LogP contribution >= 0.6 is 0 Å². The highest BCUT2D eigenvalue weighted by Crippen LogP contribution is 2.12. The summed E-state index contributed by atoms with van der Waals surface area (Å²) < 4.78 is 48.2. The second-order valence-corrected chi connectivity index (χ2v) is 10.1. The van der Waals surface area contributed by atoms with E-state index in [1.165, 1.54) is 0 Å². The fourth-order valence-electron chi connectivity index (χ4n) is 3.14. The van der Waals surface area contributed by atoms with Gasteiger partial charge in [0.25, 0.3) is 11.8 Å². The van der Waals surface area contributed by atoms with Gasteiger partial charge in [-0.05, 0) is 20.8 Å². The van der Waals surface area contributed by atoms with E-state index in [2.05, 4.69) is 5.32 Å². The van der Waals surface area contributed by atoms with Crippen molar-refractivity contribution in [2.45, 2.75) is 45.6 Å². The average Bonchev–Trinajstić information content (AvgIpc) is 3.27. The summed E-state index contributed by atoms with van der Waals surface area (Å²) in [6, 6.07) is 0. The zero-order chi connectivity index (χ0) is 32.3. The lowest BCUT2D eigenvalue weighted by Gasteiger charge is -2.19. The molecule has 0 spiro atoms. The molecule has 0 radical (unpaired) electrons. The molecule has 0 aromatic rings. The number of rotatable bonds is 28. The van der Waals surface area contributed by atoms with Crippen molar-refractivity contribution < 1.29 is 66.6 Å². The van der Waals surface area contributed by atoms with Crippen molar-refractivity contribution in [2.24, 2.45) is 0 Å². The Morgan fingerprint density at radius 1 is 0.591 bits per heavy atom. The van der Waals surface area contributed by atoms with Gasteiger partial charge in [0.2, 0.25) is 0 Å². The van der Waals surface area contributed by atoms with Crippen molar-refractivity contribution in [3.63, 3.8) is 0 Å².